The normalized spacial score (nSPS) is 15.2. The summed E-state index contributed by atoms with van der Waals surface area (Å²) in [6.07, 6.45) is 2.01. The topological polar surface area (TPSA) is 29.5 Å². The molecule has 0 saturated heterocycles. The molecule has 0 aromatic carbocycles. The van der Waals surface area contributed by atoms with E-state index in [9.17, 15) is 4.79 Å². The summed E-state index contributed by atoms with van der Waals surface area (Å²) in [5.74, 6) is 0. The van der Waals surface area contributed by atoms with E-state index in [4.69, 9.17) is 4.74 Å². The van der Waals surface area contributed by atoms with Crippen molar-refractivity contribution >= 4 is 17.4 Å². The van der Waals surface area contributed by atoms with E-state index in [1.165, 1.54) is 12.7 Å². The van der Waals surface area contributed by atoms with E-state index < -0.39 is 0 Å². The lowest BCUT2D eigenvalue weighted by Crippen LogP contribution is -2.32. The van der Waals surface area contributed by atoms with Gasteiger partial charge in [-0.25, -0.2) is 4.79 Å². The third-order valence-electron chi connectivity index (χ3n) is 2.33. The first-order chi connectivity index (χ1) is 6.81. The number of thiophene rings is 1. The van der Waals surface area contributed by atoms with Crippen LogP contribution in [0.1, 0.15) is 18.4 Å². The largest absolute Gasteiger partial charge is 0.453 e. The number of nitrogens with zero attached hydrogens (tertiary/aromatic N) is 1. The summed E-state index contributed by atoms with van der Waals surface area (Å²) >= 11 is 1.65. The number of carbonyl (C=O) groups excluding carboxylic acids is 1. The second-order valence-electron chi connectivity index (χ2n) is 3.46. The van der Waals surface area contributed by atoms with Crippen molar-refractivity contribution < 1.29 is 9.53 Å². The molecular weight excluding hydrogens is 198 g/mol. The first-order valence-electron chi connectivity index (χ1n) is 4.67. The van der Waals surface area contributed by atoms with Crippen LogP contribution >= 0.6 is 11.3 Å². The minimum absolute atomic E-state index is 0.210. The lowest BCUT2D eigenvalue weighted by Gasteiger charge is -2.19. The lowest BCUT2D eigenvalue weighted by atomic mass is 10.3. The molecule has 0 bridgehead atoms. The van der Waals surface area contributed by atoms with Crippen LogP contribution in [0.15, 0.2) is 16.8 Å². The maximum absolute atomic E-state index is 11.4. The smallest absolute Gasteiger partial charge is 0.410 e. The molecule has 1 amide bonds. The number of amides is 1. The Morgan fingerprint density at radius 2 is 2.50 bits per heavy atom. The fourth-order valence-corrected chi connectivity index (χ4v) is 2.09. The zero-order chi connectivity index (χ0) is 9.97. The van der Waals surface area contributed by atoms with Crippen molar-refractivity contribution in [1.82, 2.24) is 4.90 Å². The fourth-order valence-electron chi connectivity index (χ4n) is 1.43. The van der Waals surface area contributed by atoms with Gasteiger partial charge in [-0.15, -0.1) is 0 Å². The summed E-state index contributed by atoms with van der Waals surface area (Å²) in [5, 5.41) is 4.09. The molecule has 0 unspecified atom stereocenters. The van der Waals surface area contributed by atoms with Gasteiger partial charge in [-0.05, 0) is 35.2 Å². The fraction of sp³-hybridized carbons (Fsp3) is 0.500. The third-order valence-corrected chi connectivity index (χ3v) is 3.06. The van der Waals surface area contributed by atoms with Crippen molar-refractivity contribution in [2.75, 3.05) is 7.11 Å². The van der Waals surface area contributed by atoms with E-state index >= 15 is 0 Å². The van der Waals surface area contributed by atoms with Crippen LogP contribution in [0.4, 0.5) is 4.79 Å². The Kier molecular flexibility index (Phi) is 2.72. The predicted molar refractivity (Wildman–Crippen MR) is 55.3 cm³/mol. The monoisotopic (exact) mass is 211 g/mol. The molecule has 1 heterocycles. The summed E-state index contributed by atoms with van der Waals surface area (Å²) in [6.45, 7) is 0.681. The van der Waals surface area contributed by atoms with Crippen LogP contribution < -0.4 is 0 Å². The van der Waals surface area contributed by atoms with Gasteiger partial charge in [0.25, 0.3) is 0 Å². The Labute approximate surface area is 87.3 Å². The van der Waals surface area contributed by atoms with Crippen LogP contribution in [0, 0.1) is 0 Å². The molecule has 1 aliphatic carbocycles. The summed E-state index contributed by atoms with van der Waals surface area (Å²) in [7, 11) is 1.44. The number of ether oxygens (including phenoxy) is 1. The van der Waals surface area contributed by atoms with Crippen LogP contribution in [-0.2, 0) is 11.3 Å². The van der Waals surface area contributed by atoms with Crippen LogP contribution in [-0.4, -0.2) is 24.1 Å². The molecule has 76 valence electrons. The van der Waals surface area contributed by atoms with Crippen molar-refractivity contribution in [3.8, 4) is 0 Å². The molecule has 0 radical (unpaired) electrons. The lowest BCUT2D eigenvalue weighted by molar-refractivity contribution is 0.118. The molecule has 4 heteroatoms. The van der Waals surface area contributed by atoms with Crippen LogP contribution in [0.2, 0.25) is 0 Å². The molecular formula is C10H13NO2S. The molecule has 0 atom stereocenters. The minimum atomic E-state index is -0.210. The number of hydrogen-bond donors (Lipinski definition) is 0. The van der Waals surface area contributed by atoms with Crippen molar-refractivity contribution in [1.29, 1.82) is 0 Å². The Bertz CT molecular complexity index is 306. The average molecular weight is 211 g/mol. The van der Waals surface area contributed by atoms with E-state index in [-0.39, 0.29) is 6.09 Å². The summed E-state index contributed by atoms with van der Waals surface area (Å²) in [5.41, 5.74) is 1.19. The zero-order valence-electron chi connectivity index (χ0n) is 8.10. The van der Waals surface area contributed by atoms with Crippen molar-refractivity contribution in [2.45, 2.75) is 25.4 Å². The van der Waals surface area contributed by atoms with E-state index in [2.05, 4.69) is 5.38 Å². The van der Waals surface area contributed by atoms with Gasteiger partial charge in [0.1, 0.15) is 0 Å². The van der Waals surface area contributed by atoms with Gasteiger partial charge in [-0.1, -0.05) is 0 Å². The highest BCUT2D eigenvalue weighted by atomic mass is 32.1. The SMILES string of the molecule is COC(=O)N(Cc1ccsc1)C1CC1. The van der Waals surface area contributed by atoms with Gasteiger partial charge < -0.3 is 9.64 Å². The maximum Gasteiger partial charge on any atom is 0.410 e. The van der Waals surface area contributed by atoms with Crippen molar-refractivity contribution in [3.63, 3.8) is 0 Å². The minimum Gasteiger partial charge on any atom is -0.453 e. The second-order valence-corrected chi connectivity index (χ2v) is 4.24. The van der Waals surface area contributed by atoms with Gasteiger partial charge >= 0.3 is 6.09 Å². The summed E-state index contributed by atoms with van der Waals surface area (Å²) in [6, 6.07) is 2.45. The van der Waals surface area contributed by atoms with Gasteiger partial charge in [0.2, 0.25) is 0 Å². The molecule has 1 aliphatic rings. The number of carbonyl (C=O) groups is 1. The van der Waals surface area contributed by atoms with Crippen molar-refractivity contribution in [3.05, 3.63) is 22.4 Å². The molecule has 1 aromatic rings. The quantitative estimate of drug-likeness (QED) is 0.768. The second kappa shape index (κ2) is 4.00. The number of methoxy groups -OCH3 is 1. The summed E-state index contributed by atoms with van der Waals surface area (Å²) < 4.78 is 4.75. The number of hydrogen-bond acceptors (Lipinski definition) is 3. The van der Waals surface area contributed by atoms with Gasteiger partial charge in [0.05, 0.1) is 13.7 Å². The molecule has 0 spiro atoms. The maximum atomic E-state index is 11.4. The zero-order valence-corrected chi connectivity index (χ0v) is 8.92. The highest BCUT2D eigenvalue weighted by Gasteiger charge is 2.33. The van der Waals surface area contributed by atoms with Gasteiger partial charge in [-0.3, -0.25) is 0 Å². The highest BCUT2D eigenvalue weighted by molar-refractivity contribution is 7.07. The molecule has 1 aromatic heterocycles. The van der Waals surface area contributed by atoms with E-state index in [0.29, 0.717) is 12.6 Å². The molecule has 0 N–H and O–H groups in total. The highest BCUT2D eigenvalue weighted by Crippen LogP contribution is 2.29. The summed E-state index contributed by atoms with van der Waals surface area (Å²) in [4.78, 5) is 13.2. The van der Waals surface area contributed by atoms with E-state index in [1.807, 2.05) is 16.3 Å². The first kappa shape index (κ1) is 9.52. The molecule has 1 saturated carbocycles. The Hall–Kier alpha value is -1.03. The van der Waals surface area contributed by atoms with Crippen LogP contribution in [0.3, 0.4) is 0 Å². The van der Waals surface area contributed by atoms with Gasteiger partial charge in [-0.2, -0.15) is 11.3 Å². The Morgan fingerprint density at radius 3 is 3.00 bits per heavy atom. The molecule has 0 aliphatic heterocycles. The van der Waals surface area contributed by atoms with Crippen molar-refractivity contribution in [2.24, 2.45) is 0 Å². The van der Waals surface area contributed by atoms with Gasteiger partial charge in [0, 0.05) is 6.04 Å². The molecule has 1 fully saturated rings. The predicted octanol–water partition coefficient (Wildman–Crippen LogP) is 2.48. The molecule has 2 rings (SSSR count). The third kappa shape index (κ3) is 2.07. The number of rotatable bonds is 3. The van der Waals surface area contributed by atoms with E-state index in [1.54, 1.807) is 11.3 Å². The first-order valence-corrected chi connectivity index (χ1v) is 5.61. The average Bonchev–Trinajstić information content (AvgIpc) is 2.92. The molecule has 3 nitrogen and oxygen atoms in total. The van der Waals surface area contributed by atoms with Gasteiger partial charge in [0.15, 0.2) is 0 Å². The van der Waals surface area contributed by atoms with Crippen LogP contribution in [0.5, 0.6) is 0 Å². The molecule has 14 heavy (non-hydrogen) atoms. The Morgan fingerprint density at radius 1 is 1.71 bits per heavy atom. The van der Waals surface area contributed by atoms with E-state index in [0.717, 1.165) is 12.8 Å². The standard InChI is InChI=1S/C10H13NO2S/c1-13-10(12)11(9-2-3-9)6-8-4-5-14-7-8/h4-5,7,9H,2-3,6H2,1H3. The van der Waals surface area contributed by atoms with Crippen LogP contribution in [0.25, 0.3) is 0 Å². The Balaban J connectivity index is 2.00.